The van der Waals surface area contributed by atoms with Gasteiger partial charge in [0.25, 0.3) is 5.91 Å². The Bertz CT molecular complexity index is 715. The zero-order valence-electron chi connectivity index (χ0n) is 18.1. The van der Waals surface area contributed by atoms with E-state index in [4.69, 9.17) is 9.47 Å². The lowest BCUT2D eigenvalue weighted by Crippen LogP contribution is -2.48. The fourth-order valence-electron chi connectivity index (χ4n) is 3.61. The number of carbonyl (C=O) groups is 1. The van der Waals surface area contributed by atoms with E-state index in [9.17, 15) is 9.90 Å². The second-order valence-corrected chi connectivity index (χ2v) is 9.17. The van der Waals surface area contributed by atoms with E-state index in [0.29, 0.717) is 12.4 Å². The topological polar surface area (TPSA) is 62.2 Å². The van der Waals surface area contributed by atoms with Gasteiger partial charge in [-0.05, 0) is 35.6 Å². The van der Waals surface area contributed by atoms with E-state index < -0.39 is 6.29 Å². The summed E-state index contributed by atoms with van der Waals surface area (Å²) in [6.07, 6.45) is 2.27. The van der Waals surface area contributed by atoms with Crippen molar-refractivity contribution < 1.29 is 19.4 Å². The molecule has 1 aromatic carbocycles. The number of aliphatic hydroxyl groups excluding tert-OH is 1. The summed E-state index contributed by atoms with van der Waals surface area (Å²) in [5.74, 6) is 0.582. The second-order valence-electron chi connectivity index (χ2n) is 9.17. The van der Waals surface area contributed by atoms with E-state index in [1.165, 1.54) is 0 Å². The molecule has 6 nitrogen and oxygen atoms in total. The number of amides is 1. The molecule has 0 aliphatic carbocycles. The van der Waals surface area contributed by atoms with Gasteiger partial charge in [-0.15, -0.1) is 0 Å². The van der Waals surface area contributed by atoms with Gasteiger partial charge in [-0.3, -0.25) is 4.79 Å². The van der Waals surface area contributed by atoms with E-state index in [0.717, 1.165) is 43.7 Å². The Hall–Kier alpha value is -1.89. The lowest BCUT2D eigenvalue weighted by Gasteiger charge is -2.38. The molecule has 1 N–H and O–H groups in total. The molecule has 160 valence electrons. The first-order valence-corrected chi connectivity index (χ1v) is 10.4. The minimum atomic E-state index is -0.451. The van der Waals surface area contributed by atoms with Gasteiger partial charge >= 0.3 is 0 Å². The zero-order chi connectivity index (χ0) is 21.0. The molecule has 3 rings (SSSR count). The Kier molecular flexibility index (Phi) is 6.98. The van der Waals surface area contributed by atoms with Crippen LogP contribution in [0, 0.1) is 11.3 Å². The molecule has 6 heteroatoms. The highest BCUT2D eigenvalue weighted by Crippen LogP contribution is 2.37. The highest BCUT2D eigenvalue weighted by atomic mass is 16.7. The number of hydrogen-bond acceptors (Lipinski definition) is 5. The maximum absolute atomic E-state index is 13.1. The van der Waals surface area contributed by atoms with Crippen LogP contribution in [0.2, 0.25) is 0 Å². The lowest BCUT2D eigenvalue weighted by atomic mass is 9.77. The summed E-state index contributed by atoms with van der Waals surface area (Å²) in [4.78, 5) is 17.2. The molecule has 2 heterocycles. The standard InChI is InChI=1S/C23H34N2O4/c1-23(2,3)19-13-20(22(27)25-11-9-24(4)10-12-25)29-21(14-19)28-16-18-7-5-17(15-26)6-8-18/h5-8,13,19,21,26H,9-12,14-16H2,1-4H3/t19-,21+/m1/s1. The highest BCUT2D eigenvalue weighted by Gasteiger charge is 2.35. The molecule has 29 heavy (non-hydrogen) atoms. The fraction of sp³-hybridized carbons (Fsp3) is 0.609. The number of carbonyl (C=O) groups excluding carboxylic acids is 1. The quantitative estimate of drug-likeness (QED) is 0.821. The number of piperazine rings is 1. The zero-order valence-corrected chi connectivity index (χ0v) is 18.1. The number of rotatable bonds is 5. The van der Waals surface area contributed by atoms with Crippen LogP contribution in [0.4, 0.5) is 0 Å². The summed E-state index contributed by atoms with van der Waals surface area (Å²) in [6, 6.07) is 7.67. The fourth-order valence-corrected chi connectivity index (χ4v) is 3.61. The molecule has 1 amide bonds. The predicted molar refractivity (Wildman–Crippen MR) is 112 cm³/mol. The molecule has 0 spiro atoms. The molecule has 0 saturated carbocycles. The second kappa shape index (κ2) is 9.28. The first kappa shape index (κ1) is 21.8. The summed E-state index contributed by atoms with van der Waals surface area (Å²) in [7, 11) is 2.07. The van der Waals surface area contributed by atoms with E-state index in [1.807, 2.05) is 35.2 Å². The minimum Gasteiger partial charge on any atom is -0.459 e. The maximum Gasteiger partial charge on any atom is 0.288 e. The van der Waals surface area contributed by atoms with Crippen molar-refractivity contribution in [3.63, 3.8) is 0 Å². The number of likely N-dealkylation sites (N-methyl/N-ethyl adjacent to an activating group) is 1. The monoisotopic (exact) mass is 402 g/mol. The summed E-state index contributed by atoms with van der Waals surface area (Å²) in [5.41, 5.74) is 1.90. The molecule has 0 unspecified atom stereocenters. The van der Waals surface area contributed by atoms with Crippen LogP contribution in [-0.2, 0) is 27.5 Å². The van der Waals surface area contributed by atoms with Crippen LogP contribution in [0.25, 0.3) is 0 Å². The number of allylic oxidation sites excluding steroid dienone is 1. The third-order valence-corrected chi connectivity index (χ3v) is 5.81. The van der Waals surface area contributed by atoms with Crippen LogP contribution in [0.5, 0.6) is 0 Å². The van der Waals surface area contributed by atoms with E-state index in [2.05, 4.69) is 32.7 Å². The number of aliphatic hydroxyl groups is 1. The van der Waals surface area contributed by atoms with E-state index >= 15 is 0 Å². The maximum atomic E-state index is 13.1. The average Bonchev–Trinajstić information content (AvgIpc) is 2.72. The van der Waals surface area contributed by atoms with Crippen molar-refractivity contribution >= 4 is 5.91 Å². The molecular formula is C23H34N2O4. The smallest absolute Gasteiger partial charge is 0.288 e. The molecule has 0 aromatic heterocycles. The van der Waals surface area contributed by atoms with E-state index in [1.54, 1.807) is 0 Å². The van der Waals surface area contributed by atoms with Gasteiger partial charge in [-0.1, -0.05) is 45.0 Å². The van der Waals surface area contributed by atoms with Gasteiger partial charge in [0.15, 0.2) is 5.76 Å². The van der Waals surface area contributed by atoms with Crippen LogP contribution in [0.15, 0.2) is 36.1 Å². The van der Waals surface area contributed by atoms with Crippen molar-refractivity contribution in [3.05, 3.63) is 47.2 Å². The van der Waals surface area contributed by atoms with Crippen LogP contribution in [-0.4, -0.2) is 60.3 Å². The van der Waals surface area contributed by atoms with Crippen LogP contribution in [0.1, 0.15) is 38.3 Å². The van der Waals surface area contributed by atoms with Crippen molar-refractivity contribution in [2.45, 2.75) is 46.7 Å². The largest absolute Gasteiger partial charge is 0.459 e. The molecule has 2 atom stereocenters. The third-order valence-electron chi connectivity index (χ3n) is 5.81. The Morgan fingerprint density at radius 1 is 1.14 bits per heavy atom. The van der Waals surface area contributed by atoms with Crippen molar-refractivity contribution in [1.82, 2.24) is 9.80 Å². The van der Waals surface area contributed by atoms with Gasteiger partial charge in [0.05, 0.1) is 13.2 Å². The highest BCUT2D eigenvalue weighted by molar-refractivity contribution is 5.91. The molecule has 1 aromatic rings. The molecule has 2 aliphatic heterocycles. The summed E-state index contributed by atoms with van der Waals surface area (Å²) < 4.78 is 12.1. The van der Waals surface area contributed by atoms with Crippen LogP contribution < -0.4 is 0 Å². The number of hydrogen-bond donors (Lipinski definition) is 1. The van der Waals surface area contributed by atoms with Gasteiger partial charge in [0.2, 0.25) is 6.29 Å². The summed E-state index contributed by atoms with van der Waals surface area (Å²) in [5, 5.41) is 9.17. The molecule has 1 fully saturated rings. The first-order valence-electron chi connectivity index (χ1n) is 10.4. The van der Waals surface area contributed by atoms with Crippen LogP contribution in [0.3, 0.4) is 0 Å². The van der Waals surface area contributed by atoms with Gasteiger partial charge in [-0.2, -0.15) is 0 Å². The number of benzene rings is 1. The van der Waals surface area contributed by atoms with Crippen molar-refractivity contribution in [1.29, 1.82) is 0 Å². The Morgan fingerprint density at radius 3 is 2.34 bits per heavy atom. The molecular weight excluding hydrogens is 368 g/mol. The molecule has 0 bridgehead atoms. The lowest BCUT2D eigenvalue weighted by molar-refractivity contribution is -0.162. The van der Waals surface area contributed by atoms with Crippen LogP contribution >= 0.6 is 0 Å². The minimum absolute atomic E-state index is 0.0157. The number of nitrogens with zero attached hydrogens (tertiary/aromatic N) is 2. The van der Waals surface area contributed by atoms with Crippen molar-refractivity contribution in [2.24, 2.45) is 11.3 Å². The average molecular weight is 403 g/mol. The molecule has 1 saturated heterocycles. The molecule has 0 radical (unpaired) electrons. The summed E-state index contributed by atoms with van der Waals surface area (Å²) in [6.45, 7) is 10.2. The number of ether oxygens (including phenoxy) is 2. The van der Waals surface area contributed by atoms with E-state index in [-0.39, 0.29) is 23.8 Å². The SMILES string of the molecule is CN1CCN(C(=O)C2=C[C@@H](C(C)(C)C)C[C@@H](OCc3ccc(CO)cc3)O2)CC1. The van der Waals surface area contributed by atoms with Crippen molar-refractivity contribution in [3.8, 4) is 0 Å². The molecule has 2 aliphatic rings. The Balaban J connectivity index is 1.67. The van der Waals surface area contributed by atoms with Crippen molar-refractivity contribution in [2.75, 3.05) is 33.2 Å². The first-order chi connectivity index (χ1) is 13.8. The Morgan fingerprint density at radius 2 is 1.76 bits per heavy atom. The van der Waals surface area contributed by atoms with Gasteiger partial charge in [-0.25, -0.2) is 0 Å². The summed E-state index contributed by atoms with van der Waals surface area (Å²) >= 11 is 0. The van der Waals surface area contributed by atoms with Gasteiger partial charge in [0.1, 0.15) is 0 Å². The van der Waals surface area contributed by atoms with Gasteiger partial charge in [0, 0.05) is 32.6 Å². The van der Waals surface area contributed by atoms with Gasteiger partial charge < -0.3 is 24.4 Å². The normalized spacial score (nSPS) is 23.5. The Labute approximate surface area is 174 Å². The third kappa shape index (κ3) is 5.81. The predicted octanol–water partition coefficient (Wildman–Crippen LogP) is 2.76.